The van der Waals surface area contributed by atoms with Crippen molar-refractivity contribution in [1.82, 2.24) is 4.98 Å². The number of ether oxygens (including phenoxy) is 1. The summed E-state index contributed by atoms with van der Waals surface area (Å²) in [6.45, 7) is 2.85. The van der Waals surface area contributed by atoms with Crippen LogP contribution in [0.25, 0.3) is 0 Å². The van der Waals surface area contributed by atoms with Crippen molar-refractivity contribution in [2.45, 2.75) is 26.2 Å². The molecule has 0 spiro atoms. The monoisotopic (exact) mass is 181 g/mol. The number of hydrogen-bond donors (Lipinski definition) is 1. The van der Waals surface area contributed by atoms with Crippen LogP contribution in [0.5, 0.6) is 11.6 Å². The number of aromatic hydroxyl groups is 1. The first-order valence-corrected chi connectivity index (χ1v) is 4.60. The summed E-state index contributed by atoms with van der Waals surface area (Å²) in [5.41, 5.74) is 0. The number of aromatic nitrogens is 1. The van der Waals surface area contributed by atoms with Crippen molar-refractivity contribution in [1.29, 1.82) is 0 Å². The highest BCUT2D eigenvalue weighted by molar-refractivity contribution is 5.20. The third-order valence-electron chi connectivity index (χ3n) is 1.72. The number of pyridine rings is 1. The van der Waals surface area contributed by atoms with Crippen molar-refractivity contribution in [3.05, 3.63) is 18.3 Å². The van der Waals surface area contributed by atoms with Crippen LogP contribution in [0, 0.1) is 0 Å². The van der Waals surface area contributed by atoms with Crippen LogP contribution in [-0.4, -0.2) is 16.7 Å². The van der Waals surface area contributed by atoms with Gasteiger partial charge in [0.2, 0.25) is 5.88 Å². The molecule has 13 heavy (non-hydrogen) atoms. The summed E-state index contributed by atoms with van der Waals surface area (Å²) in [7, 11) is 0. The van der Waals surface area contributed by atoms with Gasteiger partial charge in [-0.1, -0.05) is 19.8 Å². The Morgan fingerprint density at radius 3 is 2.85 bits per heavy atom. The van der Waals surface area contributed by atoms with Gasteiger partial charge in [-0.3, -0.25) is 0 Å². The number of hydrogen-bond acceptors (Lipinski definition) is 3. The van der Waals surface area contributed by atoms with Gasteiger partial charge in [0.25, 0.3) is 0 Å². The van der Waals surface area contributed by atoms with E-state index in [1.165, 1.54) is 19.0 Å². The molecule has 0 fully saturated rings. The third kappa shape index (κ3) is 3.78. The molecular weight excluding hydrogens is 166 g/mol. The lowest BCUT2D eigenvalue weighted by molar-refractivity contribution is 0.294. The lowest BCUT2D eigenvalue weighted by atomic mass is 10.3. The minimum Gasteiger partial charge on any atom is -0.506 e. The first-order valence-electron chi connectivity index (χ1n) is 4.60. The molecule has 0 amide bonds. The van der Waals surface area contributed by atoms with E-state index in [9.17, 15) is 0 Å². The molecule has 0 aliphatic carbocycles. The molecule has 0 saturated carbocycles. The van der Waals surface area contributed by atoms with Gasteiger partial charge in [-0.05, 0) is 12.5 Å². The van der Waals surface area contributed by atoms with Gasteiger partial charge in [-0.15, -0.1) is 0 Å². The zero-order valence-corrected chi connectivity index (χ0v) is 7.86. The van der Waals surface area contributed by atoms with Crippen LogP contribution in [0.15, 0.2) is 18.3 Å². The molecule has 1 heterocycles. The summed E-state index contributed by atoms with van der Waals surface area (Å²) in [6, 6.07) is 3.24. The molecule has 72 valence electrons. The van der Waals surface area contributed by atoms with Gasteiger partial charge in [-0.25, -0.2) is 4.98 Å². The van der Waals surface area contributed by atoms with Gasteiger partial charge in [-0.2, -0.15) is 0 Å². The average Bonchev–Trinajstić information content (AvgIpc) is 2.15. The van der Waals surface area contributed by atoms with Gasteiger partial charge in [0.1, 0.15) is 5.75 Å². The molecule has 0 bridgehead atoms. The number of rotatable bonds is 5. The van der Waals surface area contributed by atoms with Crippen molar-refractivity contribution >= 4 is 0 Å². The third-order valence-corrected chi connectivity index (χ3v) is 1.72. The minimum absolute atomic E-state index is 0.168. The normalized spacial score (nSPS) is 9.92. The Bertz CT molecular complexity index is 233. The van der Waals surface area contributed by atoms with E-state index >= 15 is 0 Å². The quantitative estimate of drug-likeness (QED) is 0.709. The summed E-state index contributed by atoms with van der Waals surface area (Å²) >= 11 is 0. The molecule has 1 aromatic rings. The molecule has 0 aliphatic heterocycles. The Balaban J connectivity index is 2.25. The Labute approximate surface area is 78.4 Å². The van der Waals surface area contributed by atoms with E-state index in [-0.39, 0.29) is 5.75 Å². The fourth-order valence-corrected chi connectivity index (χ4v) is 0.987. The Morgan fingerprint density at radius 1 is 1.38 bits per heavy atom. The number of nitrogens with zero attached hydrogens (tertiary/aromatic N) is 1. The van der Waals surface area contributed by atoms with E-state index in [4.69, 9.17) is 9.84 Å². The molecule has 0 radical (unpaired) electrons. The van der Waals surface area contributed by atoms with Crippen LogP contribution < -0.4 is 4.74 Å². The fraction of sp³-hybridized carbons (Fsp3) is 0.500. The van der Waals surface area contributed by atoms with Crippen LogP contribution in [0.1, 0.15) is 26.2 Å². The zero-order chi connectivity index (χ0) is 9.52. The highest BCUT2D eigenvalue weighted by Gasteiger charge is 1.94. The molecule has 1 N–H and O–H groups in total. The van der Waals surface area contributed by atoms with Crippen molar-refractivity contribution in [2.24, 2.45) is 0 Å². The van der Waals surface area contributed by atoms with Crippen LogP contribution in [0.3, 0.4) is 0 Å². The molecule has 1 aromatic heterocycles. The van der Waals surface area contributed by atoms with Crippen molar-refractivity contribution in [3.63, 3.8) is 0 Å². The average molecular weight is 181 g/mol. The van der Waals surface area contributed by atoms with Gasteiger partial charge in [0, 0.05) is 6.07 Å². The maximum absolute atomic E-state index is 8.95. The van der Waals surface area contributed by atoms with Crippen LogP contribution >= 0.6 is 0 Å². The van der Waals surface area contributed by atoms with Crippen LogP contribution in [0.4, 0.5) is 0 Å². The van der Waals surface area contributed by atoms with E-state index in [0.717, 1.165) is 6.42 Å². The highest BCUT2D eigenvalue weighted by atomic mass is 16.5. The summed E-state index contributed by atoms with van der Waals surface area (Å²) < 4.78 is 5.34. The Morgan fingerprint density at radius 2 is 2.23 bits per heavy atom. The second-order valence-electron chi connectivity index (χ2n) is 2.91. The second kappa shape index (κ2) is 5.41. The SMILES string of the molecule is CCCCCOc1ccc(O)cn1. The van der Waals surface area contributed by atoms with E-state index < -0.39 is 0 Å². The molecule has 3 heteroatoms. The first-order chi connectivity index (χ1) is 6.33. The summed E-state index contributed by atoms with van der Waals surface area (Å²) in [4.78, 5) is 3.90. The lowest BCUT2D eigenvalue weighted by Crippen LogP contribution is -1.98. The van der Waals surface area contributed by atoms with E-state index in [0.29, 0.717) is 12.5 Å². The molecular formula is C10H15NO2. The van der Waals surface area contributed by atoms with Crippen molar-refractivity contribution in [3.8, 4) is 11.6 Å². The molecule has 0 aromatic carbocycles. The van der Waals surface area contributed by atoms with Gasteiger partial charge in [0.15, 0.2) is 0 Å². The summed E-state index contributed by atoms with van der Waals surface area (Å²) in [6.07, 6.45) is 4.80. The molecule has 3 nitrogen and oxygen atoms in total. The Kier molecular flexibility index (Phi) is 4.09. The van der Waals surface area contributed by atoms with E-state index in [2.05, 4.69) is 11.9 Å². The van der Waals surface area contributed by atoms with Crippen LogP contribution in [0.2, 0.25) is 0 Å². The maximum Gasteiger partial charge on any atom is 0.213 e. The summed E-state index contributed by atoms with van der Waals surface area (Å²) in [5.74, 6) is 0.745. The predicted molar refractivity (Wildman–Crippen MR) is 50.9 cm³/mol. The molecule has 0 aliphatic rings. The van der Waals surface area contributed by atoms with Gasteiger partial charge >= 0.3 is 0 Å². The van der Waals surface area contributed by atoms with Crippen LogP contribution in [-0.2, 0) is 0 Å². The topological polar surface area (TPSA) is 42.4 Å². The first kappa shape index (κ1) is 9.84. The fourth-order valence-electron chi connectivity index (χ4n) is 0.987. The highest BCUT2D eigenvalue weighted by Crippen LogP contribution is 2.11. The second-order valence-corrected chi connectivity index (χ2v) is 2.91. The van der Waals surface area contributed by atoms with E-state index in [1.54, 1.807) is 12.1 Å². The lowest BCUT2D eigenvalue weighted by Gasteiger charge is -2.03. The largest absolute Gasteiger partial charge is 0.506 e. The molecule has 0 unspecified atom stereocenters. The van der Waals surface area contributed by atoms with Crippen molar-refractivity contribution in [2.75, 3.05) is 6.61 Å². The Hall–Kier alpha value is -1.25. The van der Waals surface area contributed by atoms with Gasteiger partial charge < -0.3 is 9.84 Å². The zero-order valence-electron chi connectivity index (χ0n) is 7.86. The molecule has 0 atom stereocenters. The standard InChI is InChI=1S/C10H15NO2/c1-2-3-4-7-13-10-6-5-9(12)8-11-10/h5-6,8,12H,2-4,7H2,1H3. The minimum atomic E-state index is 0.168. The number of unbranched alkanes of at least 4 members (excludes halogenated alkanes) is 2. The predicted octanol–water partition coefficient (Wildman–Crippen LogP) is 2.36. The molecule has 0 saturated heterocycles. The molecule has 1 rings (SSSR count). The van der Waals surface area contributed by atoms with Crippen molar-refractivity contribution < 1.29 is 9.84 Å². The maximum atomic E-state index is 8.95. The summed E-state index contributed by atoms with van der Waals surface area (Å²) in [5, 5.41) is 8.95. The smallest absolute Gasteiger partial charge is 0.213 e. The van der Waals surface area contributed by atoms with E-state index in [1.807, 2.05) is 0 Å². The van der Waals surface area contributed by atoms with Gasteiger partial charge in [0.05, 0.1) is 12.8 Å².